The maximum absolute atomic E-state index is 6.70. The molecule has 2 aliphatic carbocycles. The molecule has 4 rings (SSSR count). The summed E-state index contributed by atoms with van der Waals surface area (Å²) in [6, 6.07) is 2.54. The Labute approximate surface area is 149 Å². The molecule has 0 unspecified atom stereocenters. The molecule has 2 aromatic heterocycles. The van der Waals surface area contributed by atoms with E-state index in [9.17, 15) is 0 Å². The van der Waals surface area contributed by atoms with Gasteiger partial charge in [-0.15, -0.1) is 0 Å². The molecule has 0 amide bonds. The Morgan fingerprint density at radius 1 is 1.28 bits per heavy atom. The van der Waals surface area contributed by atoms with E-state index in [0.29, 0.717) is 6.04 Å². The van der Waals surface area contributed by atoms with Crippen molar-refractivity contribution in [2.24, 2.45) is 18.7 Å². The van der Waals surface area contributed by atoms with Crippen LogP contribution in [0.3, 0.4) is 0 Å². The van der Waals surface area contributed by atoms with Crippen LogP contribution in [0.25, 0.3) is 11.3 Å². The second kappa shape index (κ2) is 6.50. The van der Waals surface area contributed by atoms with Crippen molar-refractivity contribution in [1.29, 1.82) is 0 Å². The van der Waals surface area contributed by atoms with Gasteiger partial charge in [-0.3, -0.25) is 4.68 Å². The summed E-state index contributed by atoms with van der Waals surface area (Å²) in [5, 5.41) is 7.83. The van der Waals surface area contributed by atoms with E-state index in [0.717, 1.165) is 55.1 Å². The van der Waals surface area contributed by atoms with Crippen LogP contribution in [-0.4, -0.2) is 32.8 Å². The zero-order valence-corrected chi connectivity index (χ0v) is 15.2. The van der Waals surface area contributed by atoms with Crippen LogP contribution in [0.1, 0.15) is 50.0 Å². The Balaban J connectivity index is 1.62. The summed E-state index contributed by atoms with van der Waals surface area (Å²) < 4.78 is 1.99. The molecule has 0 spiro atoms. The molecule has 0 radical (unpaired) electrons. The van der Waals surface area contributed by atoms with E-state index in [1.165, 1.54) is 18.5 Å². The molecule has 134 valence electrons. The summed E-state index contributed by atoms with van der Waals surface area (Å²) in [5.74, 6) is 1.59. The van der Waals surface area contributed by atoms with E-state index < -0.39 is 5.54 Å². The van der Waals surface area contributed by atoms with Crippen molar-refractivity contribution in [2.45, 2.75) is 56.5 Å². The smallest absolute Gasteiger partial charge is 0.148 e. The van der Waals surface area contributed by atoms with Gasteiger partial charge in [-0.05, 0) is 64.0 Å². The molecule has 2 heterocycles. The normalized spacial score (nSPS) is 26.8. The molecule has 0 aromatic carbocycles. The van der Waals surface area contributed by atoms with E-state index in [1.54, 1.807) is 0 Å². The van der Waals surface area contributed by atoms with Crippen LogP contribution in [-0.2, 0) is 19.0 Å². The maximum Gasteiger partial charge on any atom is 0.148 e. The summed E-state index contributed by atoms with van der Waals surface area (Å²) >= 11 is 0. The van der Waals surface area contributed by atoms with E-state index in [-0.39, 0.29) is 0 Å². The highest BCUT2D eigenvalue weighted by atomic mass is 15.3. The monoisotopic (exact) mass is 340 g/mol. The predicted octanol–water partition coefficient (Wildman–Crippen LogP) is 2.15. The third kappa shape index (κ3) is 3.33. The summed E-state index contributed by atoms with van der Waals surface area (Å²) in [7, 11) is 4.04. The third-order valence-electron chi connectivity index (χ3n) is 5.90. The number of nitrogens with zero attached hydrogens (tertiary/aromatic N) is 4. The SMILES string of the molecule is CNC1CCC(N)(c2nccc(-c3cnn(C)c3CC3CC3)n2)CC1. The van der Waals surface area contributed by atoms with Crippen molar-refractivity contribution < 1.29 is 0 Å². The van der Waals surface area contributed by atoms with E-state index in [2.05, 4.69) is 15.4 Å². The summed E-state index contributed by atoms with van der Waals surface area (Å²) in [6.07, 6.45) is 11.5. The van der Waals surface area contributed by atoms with Crippen LogP contribution >= 0.6 is 0 Å². The molecule has 2 aromatic rings. The van der Waals surface area contributed by atoms with Gasteiger partial charge < -0.3 is 11.1 Å². The number of rotatable bonds is 5. The van der Waals surface area contributed by atoms with Gasteiger partial charge in [0.2, 0.25) is 0 Å². The number of hydrogen-bond donors (Lipinski definition) is 2. The molecule has 2 fully saturated rings. The highest BCUT2D eigenvalue weighted by Gasteiger charge is 2.35. The topological polar surface area (TPSA) is 81.6 Å². The van der Waals surface area contributed by atoms with Crippen LogP contribution in [0, 0.1) is 5.92 Å². The molecule has 3 N–H and O–H groups in total. The quantitative estimate of drug-likeness (QED) is 0.871. The number of nitrogens with two attached hydrogens (primary N) is 1. The van der Waals surface area contributed by atoms with E-state index in [1.807, 2.05) is 37.2 Å². The number of aryl methyl sites for hydroxylation is 1. The van der Waals surface area contributed by atoms with Gasteiger partial charge in [0.15, 0.2) is 0 Å². The number of aromatic nitrogens is 4. The fraction of sp³-hybridized carbons (Fsp3) is 0.632. The number of nitrogens with one attached hydrogen (secondary N) is 1. The third-order valence-corrected chi connectivity index (χ3v) is 5.90. The largest absolute Gasteiger partial charge is 0.319 e. The Morgan fingerprint density at radius 2 is 2.04 bits per heavy atom. The van der Waals surface area contributed by atoms with Crippen LogP contribution in [0.2, 0.25) is 0 Å². The predicted molar refractivity (Wildman–Crippen MR) is 97.8 cm³/mol. The van der Waals surface area contributed by atoms with Gasteiger partial charge in [0, 0.05) is 30.5 Å². The van der Waals surface area contributed by atoms with E-state index in [4.69, 9.17) is 10.7 Å². The zero-order valence-electron chi connectivity index (χ0n) is 15.2. The Hall–Kier alpha value is -1.79. The highest BCUT2D eigenvalue weighted by molar-refractivity contribution is 5.61. The molecular formula is C19H28N6. The molecule has 25 heavy (non-hydrogen) atoms. The second-order valence-corrected chi connectivity index (χ2v) is 7.76. The standard InChI is InChI=1S/C19H28N6/c1-21-14-5-8-19(20,9-6-14)18-22-10-7-16(24-18)15-12-23-25(2)17(15)11-13-3-4-13/h7,10,12-14,21H,3-6,8-9,11,20H2,1-2H3. The lowest BCUT2D eigenvalue weighted by atomic mass is 9.79. The minimum absolute atomic E-state index is 0.414. The van der Waals surface area contributed by atoms with Crippen LogP contribution in [0.4, 0.5) is 0 Å². The molecular weight excluding hydrogens is 312 g/mol. The first kappa shape index (κ1) is 16.7. The molecule has 0 bridgehead atoms. The maximum atomic E-state index is 6.70. The minimum atomic E-state index is -0.414. The van der Waals surface area contributed by atoms with Crippen molar-refractivity contribution >= 4 is 0 Å². The van der Waals surface area contributed by atoms with Crippen LogP contribution in [0.5, 0.6) is 0 Å². The molecule has 0 saturated heterocycles. The average molecular weight is 340 g/mol. The van der Waals surface area contributed by atoms with Crippen molar-refractivity contribution in [3.63, 3.8) is 0 Å². The van der Waals surface area contributed by atoms with Crippen molar-refractivity contribution in [2.75, 3.05) is 7.05 Å². The minimum Gasteiger partial charge on any atom is -0.319 e. The van der Waals surface area contributed by atoms with Crippen LogP contribution < -0.4 is 11.1 Å². The molecule has 0 atom stereocenters. The first-order valence-electron chi connectivity index (χ1n) is 9.40. The van der Waals surface area contributed by atoms with Crippen molar-refractivity contribution in [3.05, 3.63) is 30.0 Å². The van der Waals surface area contributed by atoms with Gasteiger partial charge in [-0.25, -0.2) is 9.97 Å². The van der Waals surface area contributed by atoms with Gasteiger partial charge in [0.1, 0.15) is 5.82 Å². The van der Waals surface area contributed by atoms with Gasteiger partial charge in [-0.1, -0.05) is 0 Å². The molecule has 0 aliphatic heterocycles. The molecule has 2 saturated carbocycles. The zero-order chi connectivity index (χ0) is 17.4. The first-order valence-corrected chi connectivity index (χ1v) is 9.40. The molecule has 6 nitrogen and oxygen atoms in total. The average Bonchev–Trinajstić information content (AvgIpc) is 3.39. The van der Waals surface area contributed by atoms with E-state index >= 15 is 0 Å². The fourth-order valence-electron chi connectivity index (χ4n) is 3.91. The lowest BCUT2D eigenvalue weighted by Gasteiger charge is -2.35. The Bertz CT molecular complexity index is 740. The number of hydrogen-bond acceptors (Lipinski definition) is 5. The lowest BCUT2D eigenvalue weighted by Crippen LogP contribution is -2.45. The van der Waals surface area contributed by atoms with Crippen molar-refractivity contribution in [1.82, 2.24) is 25.1 Å². The molecule has 2 aliphatic rings. The summed E-state index contributed by atoms with van der Waals surface area (Å²) in [6.45, 7) is 0. The fourth-order valence-corrected chi connectivity index (χ4v) is 3.91. The van der Waals surface area contributed by atoms with Crippen LogP contribution in [0.15, 0.2) is 18.5 Å². The van der Waals surface area contributed by atoms with Gasteiger partial charge in [-0.2, -0.15) is 5.10 Å². The Morgan fingerprint density at radius 3 is 2.72 bits per heavy atom. The Kier molecular flexibility index (Phi) is 4.33. The first-order chi connectivity index (χ1) is 12.1. The van der Waals surface area contributed by atoms with Crippen molar-refractivity contribution in [3.8, 4) is 11.3 Å². The van der Waals surface area contributed by atoms with Gasteiger partial charge >= 0.3 is 0 Å². The summed E-state index contributed by atoms with van der Waals surface area (Å²) in [5.41, 5.74) is 9.65. The highest BCUT2D eigenvalue weighted by Crippen LogP contribution is 2.36. The lowest BCUT2D eigenvalue weighted by molar-refractivity contribution is 0.248. The van der Waals surface area contributed by atoms with Gasteiger partial charge in [0.25, 0.3) is 0 Å². The van der Waals surface area contributed by atoms with Gasteiger partial charge in [0.05, 0.1) is 17.4 Å². The molecule has 6 heteroatoms. The second-order valence-electron chi connectivity index (χ2n) is 7.76. The summed E-state index contributed by atoms with van der Waals surface area (Å²) in [4.78, 5) is 9.42.